The smallest absolute Gasteiger partial charge is 0.265 e. The summed E-state index contributed by atoms with van der Waals surface area (Å²) in [5.74, 6) is -1.05. The third-order valence-electron chi connectivity index (χ3n) is 3.98. The number of nitrogens with one attached hydrogen (secondary N) is 2. The second kappa shape index (κ2) is 7.16. The highest BCUT2D eigenvalue weighted by Gasteiger charge is 2.39. The molecule has 6 nitrogen and oxygen atoms in total. The lowest BCUT2D eigenvalue weighted by molar-refractivity contribution is -0.121. The summed E-state index contributed by atoms with van der Waals surface area (Å²) in [5.41, 5.74) is 7.04. The second-order valence-electron chi connectivity index (χ2n) is 5.71. The van der Waals surface area contributed by atoms with E-state index in [1.807, 2.05) is 19.1 Å². The molecular formula is C18H16BrN3O3. The number of benzene rings is 2. The van der Waals surface area contributed by atoms with Gasteiger partial charge in [0.25, 0.3) is 11.8 Å². The highest BCUT2D eigenvalue weighted by Crippen LogP contribution is 2.24. The maximum Gasteiger partial charge on any atom is 0.265 e. The molecule has 0 spiro atoms. The lowest BCUT2D eigenvalue weighted by atomic mass is 10.1. The SMILES string of the molecule is Cc1ccccc1C(=O)NNC1CC(=O)N(c2ccc(Br)cc2)C1=O. The molecule has 2 aromatic rings. The van der Waals surface area contributed by atoms with E-state index in [2.05, 4.69) is 26.8 Å². The lowest BCUT2D eigenvalue weighted by Gasteiger charge is -2.16. The lowest BCUT2D eigenvalue weighted by Crippen LogP contribution is -2.48. The van der Waals surface area contributed by atoms with E-state index in [1.165, 1.54) is 0 Å². The van der Waals surface area contributed by atoms with Crippen molar-refractivity contribution in [2.45, 2.75) is 19.4 Å². The fourth-order valence-corrected chi connectivity index (χ4v) is 2.92. The molecule has 1 unspecified atom stereocenters. The molecule has 1 aliphatic heterocycles. The van der Waals surface area contributed by atoms with Gasteiger partial charge in [-0.25, -0.2) is 10.3 Å². The van der Waals surface area contributed by atoms with Gasteiger partial charge in [-0.1, -0.05) is 34.1 Å². The third kappa shape index (κ3) is 3.62. The molecular weight excluding hydrogens is 386 g/mol. The Hall–Kier alpha value is -2.51. The predicted molar refractivity (Wildman–Crippen MR) is 96.8 cm³/mol. The molecule has 0 saturated carbocycles. The van der Waals surface area contributed by atoms with Crippen molar-refractivity contribution in [3.63, 3.8) is 0 Å². The number of hydrazine groups is 1. The summed E-state index contributed by atoms with van der Waals surface area (Å²) in [6.45, 7) is 1.83. The molecule has 25 heavy (non-hydrogen) atoms. The minimum Gasteiger partial charge on any atom is -0.287 e. The molecule has 1 saturated heterocycles. The van der Waals surface area contributed by atoms with E-state index >= 15 is 0 Å². The van der Waals surface area contributed by atoms with Crippen LogP contribution in [-0.4, -0.2) is 23.8 Å². The van der Waals surface area contributed by atoms with Gasteiger partial charge in [0.2, 0.25) is 5.91 Å². The molecule has 2 N–H and O–H groups in total. The largest absolute Gasteiger partial charge is 0.287 e. The third-order valence-corrected chi connectivity index (χ3v) is 4.51. The standard InChI is InChI=1S/C18H16BrN3O3/c1-11-4-2-3-5-14(11)17(24)21-20-15-10-16(23)22(18(15)25)13-8-6-12(19)7-9-13/h2-9,15,20H,10H2,1H3,(H,21,24). The molecule has 3 amide bonds. The first-order valence-electron chi connectivity index (χ1n) is 7.71. The number of nitrogens with zero attached hydrogens (tertiary/aromatic N) is 1. The van der Waals surface area contributed by atoms with Gasteiger partial charge < -0.3 is 0 Å². The number of anilines is 1. The van der Waals surface area contributed by atoms with Gasteiger partial charge in [-0.05, 0) is 42.8 Å². The van der Waals surface area contributed by atoms with Crippen LogP contribution in [0, 0.1) is 6.92 Å². The van der Waals surface area contributed by atoms with Crippen LogP contribution in [0.2, 0.25) is 0 Å². The van der Waals surface area contributed by atoms with Gasteiger partial charge in [0.1, 0.15) is 6.04 Å². The van der Waals surface area contributed by atoms with Gasteiger partial charge in [-0.2, -0.15) is 0 Å². The monoisotopic (exact) mass is 401 g/mol. The number of amides is 3. The minimum absolute atomic E-state index is 0.0110. The first-order chi connectivity index (χ1) is 12.0. The van der Waals surface area contributed by atoms with E-state index < -0.39 is 11.9 Å². The van der Waals surface area contributed by atoms with Crippen molar-refractivity contribution in [2.75, 3.05) is 4.90 Å². The molecule has 1 aliphatic rings. The van der Waals surface area contributed by atoms with Crippen molar-refractivity contribution in [1.29, 1.82) is 0 Å². The Morgan fingerprint density at radius 2 is 1.80 bits per heavy atom. The minimum atomic E-state index is -0.788. The summed E-state index contributed by atoms with van der Waals surface area (Å²) in [7, 11) is 0. The topological polar surface area (TPSA) is 78.5 Å². The summed E-state index contributed by atoms with van der Waals surface area (Å²) in [6, 6.07) is 13.2. The highest BCUT2D eigenvalue weighted by molar-refractivity contribution is 9.10. The van der Waals surface area contributed by atoms with E-state index in [1.54, 1.807) is 36.4 Å². The van der Waals surface area contributed by atoms with Crippen LogP contribution < -0.4 is 15.8 Å². The average Bonchev–Trinajstić information content (AvgIpc) is 2.88. The predicted octanol–water partition coefficient (Wildman–Crippen LogP) is 2.32. The molecule has 0 radical (unpaired) electrons. The van der Waals surface area contributed by atoms with Crippen molar-refractivity contribution in [2.24, 2.45) is 0 Å². The number of aryl methyl sites for hydroxylation is 1. The number of carbonyl (C=O) groups excluding carboxylic acids is 3. The van der Waals surface area contributed by atoms with E-state index in [4.69, 9.17) is 0 Å². The maximum absolute atomic E-state index is 12.5. The second-order valence-corrected chi connectivity index (χ2v) is 6.63. The maximum atomic E-state index is 12.5. The molecule has 1 fully saturated rings. The van der Waals surface area contributed by atoms with E-state index in [0.29, 0.717) is 11.3 Å². The van der Waals surface area contributed by atoms with Crippen molar-refractivity contribution in [1.82, 2.24) is 10.9 Å². The molecule has 2 aromatic carbocycles. The Morgan fingerprint density at radius 1 is 1.12 bits per heavy atom. The number of imide groups is 1. The molecule has 0 aliphatic carbocycles. The molecule has 0 bridgehead atoms. The van der Waals surface area contributed by atoms with E-state index in [9.17, 15) is 14.4 Å². The van der Waals surface area contributed by atoms with Crippen LogP contribution in [0.25, 0.3) is 0 Å². The van der Waals surface area contributed by atoms with Gasteiger partial charge in [0.05, 0.1) is 12.1 Å². The molecule has 7 heteroatoms. The Balaban J connectivity index is 1.67. The average molecular weight is 402 g/mol. The van der Waals surface area contributed by atoms with Crippen LogP contribution in [0.15, 0.2) is 53.0 Å². The van der Waals surface area contributed by atoms with Crippen LogP contribution >= 0.6 is 15.9 Å². The van der Waals surface area contributed by atoms with Gasteiger partial charge in [0, 0.05) is 10.0 Å². The molecule has 1 heterocycles. The van der Waals surface area contributed by atoms with Crippen LogP contribution in [0.1, 0.15) is 22.3 Å². The van der Waals surface area contributed by atoms with Gasteiger partial charge in [-0.15, -0.1) is 0 Å². The number of hydrogen-bond donors (Lipinski definition) is 2. The van der Waals surface area contributed by atoms with Crippen LogP contribution in [0.4, 0.5) is 5.69 Å². The zero-order valence-corrected chi connectivity index (χ0v) is 15.0. The summed E-state index contributed by atoms with van der Waals surface area (Å²) in [4.78, 5) is 38.0. The first kappa shape index (κ1) is 17.3. The normalized spacial score (nSPS) is 17.0. The molecule has 1 atom stereocenters. The summed E-state index contributed by atoms with van der Waals surface area (Å²) in [6.07, 6.45) is -0.0110. The van der Waals surface area contributed by atoms with Gasteiger partial charge in [0.15, 0.2) is 0 Å². The number of halogens is 1. The van der Waals surface area contributed by atoms with Crippen molar-refractivity contribution < 1.29 is 14.4 Å². The Kier molecular flexibility index (Phi) is 4.96. The van der Waals surface area contributed by atoms with Crippen molar-refractivity contribution >= 4 is 39.3 Å². The number of rotatable bonds is 4. The van der Waals surface area contributed by atoms with Crippen LogP contribution in [0.3, 0.4) is 0 Å². The summed E-state index contributed by atoms with van der Waals surface area (Å²) in [5, 5.41) is 0. The van der Waals surface area contributed by atoms with E-state index in [-0.39, 0.29) is 18.2 Å². The summed E-state index contributed by atoms with van der Waals surface area (Å²) >= 11 is 3.32. The van der Waals surface area contributed by atoms with Crippen molar-refractivity contribution in [3.8, 4) is 0 Å². The Morgan fingerprint density at radius 3 is 2.48 bits per heavy atom. The quantitative estimate of drug-likeness (QED) is 0.608. The zero-order chi connectivity index (χ0) is 18.0. The van der Waals surface area contributed by atoms with Crippen LogP contribution in [0.5, 0.6) is 0 Å². The number of hydrogen-bond acceptors (Lipinski definition) is 4. The Labute approximate surface area is 153 Å². The van der Waals surface area contributed by atoms with Crippen molar-refractivity contribution in [3.05, 3.63) is 64.1 Å². The van der Waals surface area contributed by atoms with Crippen LogP contribution in [-0.2, 0) is 9.59 Å². The van der Waals surface area contributed by atoms with E-state index in [0.717, 1.165) is 14.9 Å². The Bertz CT molecular complexity index is 836. The van der Waals surface area contributed by atoms with Gasteiger partial charge >= 0.3 is 0 Å². The first-order valence-corrected chi connectivity index (χ1v) is 8.50. The van der Waals surface area contributed by atoms with Gasteiger partial charge in [-0.3, -0.25) is 19.8 Å². The molecule has 0 aromatic heterocycles. The fraction of sp³-hybridized carbons (Fsp3) is 0.167. The zero-order valence-electron chi connectivity index (χ0n) is 13.5. The highest BCUT2D eigenvalue weighted by atomic mass is 79.9. The molecule has 3 rings (SSSR count). The molecule has 128 valence electrons. The summed E-state index contributed by atoms with van der Waals surface area (Å²) < 4.78 is 0.857. The number of carbonyl (C=O) groups is 3. The fourth-order valence-electron chi connectivity index (χ4n) is 2.65.